The normalized spacial score (nSPS) is 11.1. The van der Waals surface area contributed by atoms with Crippen molar-refractivity contribution in [2.24, 2.45) is 5.73 Å². The third kappa shape index (κ3) is 2.31. The monoisotopic (exact) mass is 243 g/mol. The molecule has 0 aliphatic carbocycles. The molecule has 88 valence electrons. The molecular weight excluding hydrogens is 230 g/mol. The van der Waals surface area contributed by atoms with Crippen LogP contribution in [0.1, 0.15) is 5.56 Å². The Morgan fingerprint density at radius 2 is 1.81 bits per heavy atom. The van der Waals surface area contributed by atoms with E-state index in [1.165, 1.54) is 19.2 Å². The molecular formula is C9H13N3O3S. The number of hydrogen-bond donors (Lipinski definition) is 2. The van der Waals surface area contributed by atoms with Crippen LogP contribution in [-0.2, 0) is 10.0 Å². The zero-order chi connectivity index (χ0) is 12.3. The first kappa shape index (κ1) is 12.5. The molecule has 0 saturated carbocycles. The van der Waals surface area contributed by atoms with Gasteiger partial charge in [-0.2, -0.15) is 8.42 Å². The maximum Gasteiger partial charge on any atom is 0.343 e. The van der Waals surface area contributed by atoms with E-state index in [0.717, 1.165) is 5.56 Å². The highest BCUT2D eigenvalue weighted by atomic mass is 32.2. The fraction of sp³-hybridized carbons (Fsp3) is 0.222. The molecule has 0 heterocycles. The Kier molecular flexibility index (Phi) is 3.51. The molecule has 7 heteroatoms. The van der Waals surface area contributed by atoms with E-state index in [2.05, 4.69) is 5.43 Å². The average molecular weight is 243 g/mol. The SMILES string of the molecule is CNN(C(N)=O)S(=O)(=O)c1ccc(C)cc1. The smallest absolute Gasteiger partial charge is 0.343 e. The van der Waals surface area contributed by atoms with Crippen molar-refractivity contribution < 1.29 is 13.2 Å². The Morgan fingerprint density at radius 1 is 1.31 bits per heavy atom. The van der Waals surface area contributed by atoms with Crippen molar-refractivity contribution in [3.8, 4) is 0 Å². The van der Waals surface area contributed by atoms with Gasteiger partial charge in [0.15, 0.2) is 0 Å². The third-order valence-electron chi connectivity index (χ3n) is 1.96. The number of primary amides is 1. The van der Waals surface area contributed by atoms with Gasteiger partial charge in [-0.25, -0.2) is 10.2 Å². The number of nitrogens with two attached hydrogens (primary N) is 1. The van der Waals surface area contributed by atoms with Crippen LogP contribution in [0.25, 0.3) is 0 Å². The maximum absolute atomic E-state index is 11.9. The van der Waals surface area contributed by atoms with Gasteiger partial charge in [0.05, 0.1) is 4.90 Å². The van der Waals surface area contributed by atoms with Crippen LogP contribution in [0.2, 0.25) is 0 Å². The third-order valence-corrected chi connectivity index (χ3v) is 3.67. The largest absolute Gasteiger partial charge is 0.349 e. The topological polar surface area (TPSA) is 92.5 Å². The number of amides is 2. The molecule has 0 radical (unpaired) electrons. The number of rotatable bonds is 3. The highest BCUT2D eigenvalue weighted by Crippen LogP contribution is 2.14. The molecule has 16 heavy (non-hydrogen) atoms. The molecule has 1 aromatic rings. The second-order valence-electron chi connectivity index (χ2n) is 3.14. The molecule has 0 spiro atoms. The average Bonchev–Trinajstić information content (AvgIpc) is 2.18. The van der Waals surface area contributed by atoms with Crippen LogP contribution >= 0.6 is 0 Å². The van der Waals surface area contributed by atoms with Gasteiger partial charge in [-0.05, 0) is 19.1 Å². The van der Waals surface area contributed by atoms with Crippen molar-refractivity contribution in [3.63, 3.8) is 0 Å². The van der Waals surface area contributed by atoms with Gasteiger partial charge >= 0.3 is 6.03 Å². The summed E-state index contributed by atoms with van der Waals surface area (Å²) in [6.45, 7) is 1.83. The fourth-order valence-corrected chi connectivity index (χ4v) is 2.33. The van der Waals surface area contributed by atoms with E-state index in [-0.39, 0.29) is 4.90 Å². The summed E-state index contributed by atoms with van der Waals surface area (Å²) in [5, 5.41) is 0. The number of carbonyl (C=O) groups is 1. The number of carbonyl (C=O) groups excluding carboxylic acids is 1. The Morgan fingerprint density at radius 3 is 2.19 bits per heavy atom. The van der Waals surface area contributed by atoms with Crippen LogP contribution in [0.15, 0.2) is 29.2 Å². The van der Waals surface area contributed by atoms with E-state index in [4.69, 9.17) is 5.73 Å². The minimum absolute atomic E-state index is 0.00579. The van der Waals surface area contributed by atoms with Crippen molar-refractivity contribution in [3.05, 3.63) is 29.8 Å². The molecule has 0 bridgehead atoms. The lowest BCUT2D eigenvalue weighted by atomic mass is 10.2. The van der Waals surface area contributed by atoms with E-state index < -0.39 is 16.1 Å². The van der Waals surface area contributed by atoms with Gasteiger partial charge in [-0.1, -0.05) is 17.7 Å². The number of hydrazine groups is 1. The van der Waals surface area contributed by atoms with E-state index in [1.807, 2.05) is 6.92 Å². The number of nitrogens with zero attached hydrogens (tertiary/aromatic N) is 1. The molecule has 3 N–H and O–H groups in total. The minimum Gasteiger partial charge on any atom is -0.349 e. The zero-order valence-electron chi connectivity index (χ0n) is 8.97. The first-order valence-corrected chi connectivity index (χ1v) is 5.92. The highest BCUT2D eigenvalue weighted by Gasteiger charge is 2.26. The van der Waals surface area contributed by atoms with Gasteiger partial charge < -0.3 is 5.73 Å². The standard InChI is InChI=1S/C9H13N3O3S/c1-7-3-5-8(6-4-7)16(14,15)12(11-2)9(10)13/h3-6,11H,1-2H3,(H2,10,13). The van der Waals surface area contributed by atoms with Gasteiger partial charge in [-0.3, -0.25) is 0 Å². The summed E-state index contributed by atoms with van der Waals surface area (Å²) in [5.74, 6) is 0. The van der Waals surface area contributed by atoms with Crippen molar-refractivity contribution in [1.29, 1.82) is 0 Å². The molecule has 0 aromatic heterocycles. The van der Waals surface area contributed by atoms with Crippen LogP contribution in [0.4, 0.5) is 4.79 Å². The van der Waals surface area contributed by atoms with Crippen LogP contribution < -0.4 is 11.2 Å². The lowest BCUT2D eigenvalue weighted by Crippen LogP contribution is -2.47. The summed E-state index contributed by atoms with van der Waals surface area (Å²) in [4.78, 5) is 10.9. The number of sulfonamides is 1. The minimum atomic E-state index is -3.92. The number of aryl methyl sites for hydroxylation is 1. The van der Waals surface area contributed by atoms with E-state index in [0.29, 0.717) is 4.41 Å². The first-order valence-electron chi connectivity index (χ1n) is 4.48. The predicted molar refractivity (Wildman–Crippen MR) is 58.8 cm³/mol. The molecule has 1 aromatic carbocycles. The number of urea groups is 1. The van der Waals surface area contributed by atoms with Gasteiger partial charge in [0.2, 0.25) is 0 Å². The molecule has 0 aliphatic rings. The van der Waals surface area contributed by atoms with E-state index in [1.54, 1.807) is 12.1 Å². The van der Waals surface area contributed by atoms with Gasteiger partial charge in [0.1, 0.15) is 0 Å². The Labute approximate surface area is 94.1 Å². The van der Waals surface area contributed by atoms with Crippen LogP contribution in [-0.4, -0.2) is 25.9 Å². The summed E-state index contributed by atoms with van der Waals surface area (Å²) in [5.41, 5.74) is 8.10. The molecule has 0 atom stereocenters. The number of hydrogen-bond acceptors (Lipinski definition) is 4. The molecule has 0 saturated heterocycles. The second-order valence-corrected chi connectivity index (χ2v) is 4.93. The Hall–Kier alpha value is -1.60. The van der Waals surface area contributed by atoms with Gasteiger partial charge in [0.25, 0.3) is 10.0 Å². The van der Waals surface area contributed by atoms with Crippen LogP contribution in [0, 0.1) is 6.92 Å². The van der Waals surface area contributed by atoms with Crippen LogP contribution in [0.5, 0.6) is 0 Å². The molecule has 2 amide bonds. The summed E-state index contributed by atoms with van der Waals surface area (Å²) >= 11 is 0. The number of nitrogens with one attached hydrogen (secondary N) is 1. The van der Waals surface area contributed by atoms with Crippen molar-refractivity contribution in [2.45, 2.75) is 11.8 Å². The maximum atomic E-state index is 11.9. The van der Waals surface area contributed by atoms with Gasteiger partial charge in [0, 0.05) is 7.05 Å². The summed E-state index contributed by atoms with van der Waals surface area (Å²) in [6, 6.07) is 5.03. The first-order chi connectivity index (χ1) is 7.39. The Balaban J connectivity index is 3.20. The van der Waals surface area contributed by atoms with Crippen molar-refractivity contribution >= 4 is 16.1 Å². The molecule has 0 aliphatic heterocycles. The van der Waals surface area contributed by atoms with Crippen molar-refractivity contribution in [1.82, 2.24) is 9.84 Å². The highest BCUT2D eigenvalue weighted by molar-refractivity contribution is 7.89. The summed E-state index contributed by atoms with van der Waals surface area (Å²) in [7, 11) is -2.62. The zero-order valence-corrected chi connectivity index (χ0v) is 9.78. The summed E-state index contributed by atoms with van der Waals surface area (Å²) in [6.07, 6.45) is 0. The Bertz CT molecular complexity index is 481. The molecule has 6 nitrogen and oxygen atoms in total. The quantitative estimate of drug-likeness (QED) is 0.742. The molecule has 0 fully saturated rings. The van der Waals surface area contributed by atoms with Gasteiger partial charge in [-0.15, -0.1) is 4.41 Å². The lowest BCUT2D eigenvalue weighted by Gasteiger charge is -2.18. The van der Waals surface area contributed by atoms with E-state index >= 15 is 0 Å². The molecule has 1 rings (SSSR count). The van der Waals surface area contributed by atoms with E-state index in [9.17, 15) is 13.2 Å². The van der Waals surface area contributed by atoms with Crippen LogP contribution in [0.3, 0.4) is 0 Å². The second kappa shape index (κ2) is 4.50. The summed E-state index contributed by atoms with van der Waals surface area (Å²) < 4.78 is 24.1. The fourth-order valence-electron chi connectivity index (χ4n) is 1.16. The predicted octanol–water partition coefficient (Wildman–Crippen LogP) is 0.199. The lowest BCUT2D eigenvalue weighted by molar-refractivity contribution is 0.223. The molecule has 0 unspecified atom stereocenters. The van der Waals surface area contributed by atoms with Crippen molar-refractivity contribution in [2.75, 3.05) is 7.05 Å². The number of benzene rings is 1.